The molecule has 0 amide bonds. The summed E-state index contributed by atoms with van der Waals surface area (Å²) < 4.78 is 5.12. The van der Waals surface area contributed by atoms with Crippen molar-refractivity contribution in [2.75, 3.05) is 13.2 Å². The minimum atomic E-state index is -1.07. The van der Waals surface area contributed by atoms with Gasteiger partial charge >= 0.3 is 5.97 Å². The normalized spacial score (nSPS) is 13.1. The number of carbonyl (C=O) groups excluding carboxylic acids is 2. The minimum absolute atomic E-state index is 0.0699. The molecule has 0 saturated heterocycles. The Bertz CT molecular complexity index is 716. The summed E-state index contributed by atoms with van der Waals surface area (Å²) in [5.74, 6) is -0.599. The Labute approximate surface area is 285 Å². The van der Waals surface area contributed by atoms with Crippen LogP contribution in [-0.2, 0) is 14.3 Å². The van der Waals surface area contributed by atoms with Gasteiger partial charge in [-0.15, -0.1) is 0 Å². The van der Waals surface area contributed by atoms with Crippen molar-refractivity contribution in [2.24, 2.45) is 5.92 Å². The number of hydrogen-bond donors (Lipinski definition) is 2. The molecule has 0 aromatic rings. The molecule has 2 unspecified atom stereocenters. The van der Waals surface area contributed by atoms with Gasteiger partial charge in [0.25, 0.3) is 0 Å². The second-order valence-electron chi connectivity index (χ2n) is 13.6. The molecule has 0 aromatic carbocycles. The van der Waals surface area contributed by atoms with E-state index >= 15 is 0 Å². The number of carbonyl (C=O) groups is 2. The quantitative estimate of drug-likeness (QED) is 0.0401. The standard InChI is InChI=1S/C41H76O5/c1-3-5-7-9-11-13-15-17-18-19-20-22-24-26-28-30-32-34-40(44)38(35-41(45)46-37-39(43)36-42)33-31-29-27-25-23-21-16-14-12-10-8-6-4-2/h12,14,21,23,38-39,42-43H,3-11,13,15-20,22,24-37H2,1-2H3. The largest absolute Gasteiger partial charge is 0.463 e. The van der Waals surface area contributed by atoms with Crippen molar-refractivity contribution in [1.29, 1.82) is 0 Å². The van der Waals surface area contributed by atoms with Crippen LogP contribution in [0.15, 0.2) is 24.3 Å². The highest BCUT2D eigenvalue weighted by Gasteiger charge is 2.22. The Balaban J connectivity index is 4.09. The minimum Gasteiger partial charge on any atom is -0.463 e. The monoisotopic (exact) mass is 649 g/mol. The van der Waals surface area contributed by atoms with Crippen molar-refractivity contribution in [2.45, 2.75) is 206 Å². The Morgan fingerprint density at radius 2 is 1.02 bits per heavy atom. The van der Waals surface area contributed by atoms with Gasteiger partial charge in [-0.25, -0.2) is 0 Å². The lowest BCUT2D eigenvalue weighted by molar-refractivity contribution is -0.150. The lowest BCUT2D eigenvalue weighted by Gasteiger charge is -2.16. The summed E-state index contributed by atoms with van der Waals surface area (Å²) in [5, 5.41) is 18.5. The third kappa shape index (κ3) is 32.5. The lowest BCUT2D eigenvalue weighted by atomic mass is 9.90. The molecule has 0 heterocycles. The van der Waals surface area contributed by atoms with E-state index in [0.29, 0.717) is 12.8 Å². The van der Waals surface area contributed by atoms with Crippen molar-refractivity contribution in [3.8, 4) is 0 Å². The Morgan fingerprint density at radius 3 is 1.52 bits per heavy atom. The Kier molecular flexibility index (Phi) is 35.2. The summed E-state index contributed by atoms with van der Waals surface area (Å²) >= 11 is 0. The van der Waals surface area contributed by atoms with Gasteiger partial charge in [0, 0.05) is 12.3 Å². The highest BCUT2D eigenvalue weighted by atomic mass is 16.5. The highest BCUT2D eigenvalue weighted by Crippen LogP contribution is 2.21. The fraction of sp³-hybridized carbons (Fsp3) is 0.854. The zero-order valence-corrected chi connectivity index (χ0v) is 30.5. The maximum Gasteiger partial charge on any atom is 0.306 e. The second kappa shape index (κ2) is 36.4. The van der Waals surface area contributed by atoms with Gasteiger partial charge in [-0.1, -0.05) is 167 Å². The topological polar surface area (TPSA) is 83.8 Å². The molecule has 270 valence electrons. The van der Waals surface area contributed by atoms with Gasteiger partial charge in [-0.3, -0.25) is 9.59 Å². The van der Waals surface area contributed by atoms with Crippen LogP contribution in [0.5, 0.6) is 0 Å². The van der Waals surface area contributed by atoms with E-state index in [1.165, 1.54) is 122 Å². The second-order valence-corrected chi connectivity index (χ2v) is 13.6. The zero-order valence-electron chi connectivity index (χ0n) is 30.5. The van der Waals surface area contributed by atoms with Crippen LogP contribution in [-0.4, -0.2) is 41.3 Å². The Morgan fingerprint density at radius 1 is 0.587 bits per heavy atom. The average Bonchev–Trinajstić information content (AvgIpc) is 3.06. The summed E-state index contributed by atoms with van der Waals surface area (Å²) in [6.45, 7) is 3.84. The predicted octanol–water partition coefficient (Wildman–Crippen LogP) is 11.5. The summed E-state index contributed by atoms with van der Waals surface area (Å²) in [7, 11) is 0. The van der Waals surface area contributed by atoms with Crippen molar-refractivity contribution in [1.82, 2.24) is 0 Å². The smallest absolute Gasteiger partial charge is 0.306 e. The summed E-state index contributed by atoms with van der Waals surface area (Å²) in [4.78, 5) is 25.4. The zero-order chi connectivity index (χ0) is 33.8. The van der Waals surface area contributed by atoms with Gasteiger partial charge in [0.1, 0.15) is 18.5 Å². The molecule has 0 aliphatic heterocycles. The molecule has 0 fully saturated rings. The number of allylic oxidation sites excluding steroid dienone is 4. The van der Waals surface area contributed by atoms with Crippen molar-refractivity contribution in [3.05, 3.63) is 24.3 Å². The van der Waals surface area contributed by atoms with Crippen LogP contribution < -0.4 is 0 Å². The third-order valence-corrected chi connectivity index (χ3v) is 9.05. The number of hydrogen-bond acceptors (Lipinski definition) is 5. The molecule has 5 nitrogen and oxygen atoms in total. The highest BCUT2D eigenvalue weighted by molar-refractivity contribution is 5.85. The SMILES string of the molecule is CCCCCC=CCC=CCCCCCC(CC(=O)OCC(O)CO)C(=O)CCCCCCCCCCCCCCCCCCC. The molecule has 2 N–H and O–H groups in total. The number of ketones is 1. The van der Waals surface area contributed by atoms with E-state index in [0.717, 1.165) is 44.9 Å². The van der Waals surface area contributed by atoms with Crippen LogP contribution in [0.1, 0.15) is 200 Å². The van der Waals surface area contributed by atoms with Gasteiger partial charge in [-0.05, 0) is 44.9 Å². The molecular formula is C41H76O5. The van der Waals surface area contributed by atoms with Crippen LogP contribution in [0.25, 0.3) is 0 Å². The van der Waals surface area contributed by atoms with Crippen molar-refractivity contribution < 1.29 is 24.5 Å². The van der Waals surface area contributed by atoms with Gasteiger partial charge in [0.2, 0.25) is 0 Å². The van der Waals surface area contributed by atoms with Crippen LogP contribution in [0, 0.1) is 5.92 Å². The maximum absolute atomic E-state index is 13.1. The van der Waals surface area contributed by atoms with E-state index in [-0.39, 0.29) is 24.7 Å². The molecule has 0 radical (unpaired) electrons. The fourth-order valence-electron chi connectivity index (χ4n) is 5.96. The molecule has 0 saturated carbocycles. The number of Topliss-reactive ketones (excluding diaryl/α,β-unsaturated/α-hetero) is 1. The molecule has 0 bridgehead atoms. The molecule has 46 heavy (non-hydrogen) atoms. The summed E-state index contributed by atoms with van der Waals surface area (Å²) in [6.07, 6.45) is 41.7. The maximum atomic E-state index is 13.1. The van der Waals surface area contributed by atoms with Crippen LogP contribution in [0.2, 0.25) is 0 Å². The summed E-state index contributed by atoms with van der Waals surface area (Å²) in [5.41, 5.74) is 0. The van der Waals surface area contributed by atoms with Gasteiger partial charge in [-0.2, -0.15) is 0 Å². The van der Waals surface area contributed by atoms with E-state index < -0.39 is 18.7 Å². The molecule has 0 aliphatic rings. The fourth-order valence-corrected chi connectivity index (χ4v) is 5.96. The molecule has 0 rings (SSSR count). The number of ether oxygens (including phenoxy) is 1. The number of rotatable bonds is 36. The number of unbranched alkanes of at least 4 members (excludes halogenated alkanes) is 22. The lowest BCUT2D eigenvalue weighted by Crippen LogP contribution is -2.25. The van der Waals surface area contributed by atoms with E-state index in [1.807, 2.05) is 0 Å². The molecular weight excluding hydrogens is 572 g/mol. The average molecular weight is 649 g/mol. The summed E-state index contributed by atoms with van der Waals surface area (Å²) in [6, 6.07) is 0. The van der Waals surface area contributed by atoms with Crippen LogP contribution >= 0.6 is 0 Å². The van der Waals surface area contributed by atoms with Crippen molar-refractivity contribution >= 4 is 11.8 Å². The first-order valence-corrected chi connectivity index (χ1v) is 19.8. The molecule has 0 spiro atoms. The first-order valence-electron chi connectivity index (χ1n) is 19.8. The van der Waals surface area contributed by atoms with E-state index in [1.54, 1.807) is 0 Å². The number of aliphatic hydroxyl groups excluding tert-OH is 2. The molecule has 0 aromatic heterocycles. The third-order valence-electron chi connectivity index (χ3n) is 9.05. The van der Waals surface area contributed by atoms with Gasteiger partial charge in [0.05, 0.1) is 13.0 Å². The Hall–Kier alpha value is -1.46. The predicted molar refractivity (Wildman–Crippen MR) is 196 cm³/mol. The van der Waals surface area contributed by atoms with Gasteiger partial charge < -0.3 is 14.9 Å². The first-order chi connectivity index (χ1) is 22.5. The van der Waals surface area contributed by atoms with Crippen LogP contribution in [0.4, 0.5) is 0 Å². The first kappa shape index (κ1) is 44.5. The van der Waals surface area contributed by atoms with Gasteiger partial charge in [0.15, 0.2) is 0 Å². The van der Waals surface area contributed by atoms with E-state index in [4.69, 9.17) is 9.84 Å². The van der Waals surface area contributed by atoms with E-state index in [9.17, 15) is 14.7 Å². The molecule has 0 aliphatic carbocycles. The number of esters is 1. The number of aliphatic hydroxyl groups is 2. The molecule has 2 atom stereocenters. The van der Waals surface area contributed by atoms with Crippen molar-refractivity contribution in [3.63, 3.8) is 0 Å². The van der Waals surface area contributed by atoms with E-state index in [2.05, 4.69) is 38.2 Å². The van der Waals surface area contributed by atoms with Crippen LogP contribution in [0.3, 0.4) is 0 Å². The molecule has 5 heteroatoms.